The van der Waals surface area contributed by atoms with Crippen LogP contribution in [0.4, 0.5) is 0 Å². The number of carboxylic acids is 1. The minimum atomic E-state index is -0.875. The molecule has 6 nitrogen and oxygen atoms in total. The van der Waals surface area contributed by atoms with Gasteiger partial charge in [0.05, 0.1) is 12.0 Å². The maximum Gasteiger partial charge on any atom is 0.311 e. The monoisotopic (exact) mass is 256 g/mol. The molecule has 0 bridgehead atoms. The van der Waals surface area contributed by atoms with Crippen molar-refractivity contribution < 1.29 is 19.5 Å². The Kier molecular flexibility index (Phi) is 4.32. The van der Waals surface area contributed by atoms with Crippen molar-refractivity contribution in [1.82, 2.24) is 9.80 Å². The van der Waals surface area contributed by atoms with Gasteiger partial charge in [0.15, 0.2) is 0 Å². The highest BCUT2D eigenvalue weighted by Gasteiger charge is 2.39. The van der Waals surface area contributed by atoms with Gasteiger partial charge in [-0.05, 0) is 19.8 Å². The summed E-state index contributed by atoms with van der Waals surface area (Å²) in [5, 5.41) is 9.16. The van der Waals surface area contributed by atoms with Crippen LogP contribution < -0.4 is 0 Å². The molecule has 0 aromatic heterocycles. The van der Waals surface area contributed by atoms with Gasteiger partial charge in [-0.15, -0.1) is 0 Å². The first kappa shape index (κ1) is 14.5. The molecule has 1 heterocycles. The molecule has 18 heavy (non-hydrogen) atoms. The normalized spacial score (nSPS) is 23.6. The Bertz CT molecular complexity index is 369. The first-order valence-corrected chi connectivity index (χ1v) is 5.99. The van der Waals surface area contributed by atoms with Crippen LogP contribution in [0.3, 0.4) is 0 Å². The SMILES string of the molecule is CC(=O)N(C)CC(=O)N1CCCC(C)(C(=O)O)C1. The molecule has 0 aromatic rings. The number of carbonyl (C=O) groups is 3. The summed E-state index contributed by atoms with van der Waals surface area (Å²) in [6, 6.07) is 0. The third-order valence-corrected chi connectivity index (χ3v) is 3.48. The van der Waals surface area contributed by atoms with E-state index in [9.17, 15) is 14.4 Å². The molecule has 1 atom stereocenters. The van der Waals surface area contributed by atoms with Crippen LogP contribution in [-0.2, 0) is 14.4 Å². The van der Waals surface area contributed by atoms with Crippen molar-refractivity contribution in [3.8, 4) is 0 Å². The number of carboxylic acid groups (broad SMARTS) is 1. The molecule has 1 N–H and O–H groups in total. The topological polar surface area (TPSA) is 77.9 Å². The van der Waals surface area contributed by atoms with Crippen LogP contribution in [0.5, 0.6) is 0 Å². The van der Waals surface area contributed by atoms with E-state index < -0.39 is 11.4 Å². The number of hydrogen-bond donors (Lipinski definition) is 1. The first-order chi connectivity index (χ1) is 8.26. The van der Waals surface area contributed by atoms with Crippen LogP contribution in [-0.4, -0.2) is 59.4 Å². The Morgan fingerprint density at radius 1 is 1.39 bits per heavy atom. The van der Waals surface area contributed by atoms with Gasteiger partial charge in [0.1, 0.15) is 0 Å². The van der Waals surface area contributed by atoms with Crippen LogP contribution in [0, 0.1) is 5.41 Å². The Balaban J connectivity index is 2.64. The fourth-order valence-electron chi connectivity index (χ4n) is 2.04. The fourth-order valence-corrected chi connectivity index (χ4v) is 2.04. The fraction of sp³-hybridized carbons (Fsp3) is 0.750. The number of hydrogen-bond acceptors (Lipinski definition) is 3. The van der Waals surface area contributed by atoms with Crippen LogP contribution in [0.1, 0.15) is 26.7 Å². The number of rotatable bonds is 3. The average molecular weight is 256 g/mol. The number of carbonyl (C=O) groups excluding carboxylic acids is 2. The van der Waals surface area contributed by atoms with E-state index >= 15 is 0 Å². The lowest BCUT2D eigenvalue weighted by atomic mass is 9.82. The second-order valence-electron chi connectivity index (χ2n) is 5.16. The molecule has 1 unspecified atom stereocenters. The Labute approximate surface area is 107 Å². The average Bonchev–Trinajstić information content (AvgIpc) is 2.28. The van der Waals surface area contributed by atoms with Crippen molar-refractivity contribution in [2.75, 3.05) is 26.7 Å². The molecule has 0 spiro atoms. The lowest BCUT2D eigenvalue weighted by molar-refractivity contribution is -0.154. The van der Waals surface area contributed by atoms with E-state index in [4.69, 9.17) is 5.11 Å². The van der Waals surface area contributed by atoms with Gasteiger partial charge in [-0.3, -0.25) is 14.4 Å². The minimum absolute atomic E-state index is 0.00499. The zero-order valence-electron chi connectivity index (χ0n) is 11.1. The molecule has 0 aromatic carbocycles. The highest BCUT2D eigenvalue weighted by Crippen LogP contribution is 2.29. The number of nitrogens with zero attached hydrogens (tertiary/aromatic N) is 2. The smallest absolute Gasteiger partial charge is 0.311 e. The van der Waals surface area contributed by atoms with E-state index in [1.807, 2.05) is 0 Å². The van der Waals surface area contributed by atoms with Gasteiger partial charge in [0.25, 0.3) is 0 Å². The molecule has 1 fully saturated rings. The third kappa shape index (κ3) is 3.21. The molecule has 0 aliphatic carbocycles. The maximum absolute atomic E-state index is 12.0. The van der Waals surface area contributed by atoms with Gasteiger partial charge in [-0.25, -0.2) is 0 Å². The molecule has 6 heteroatoms. The predicted octanol–water partition coefficient (Wildman–Crippen LogP) is 0.178. The van der Waals surface area contributed by atoms with Gasteiger partial charge in [-0.2, -0.15) is 0 Å². The van der Waals surface area contributed by atoms with Crippen LogP contribution >= 0.6 is 0 Å². The van der Waals surface area contributed by atoms with Crippen molar-refractivity contribution in [2.24, 2.45) is 5.41 Å². The Hall–Kier alpha value is -1.59. The molecule has 102 valence electrons. The van der Waals surface area contributed by atoms with Crippen LogP contribution in [0.15, 0.2) is 0 Å². The molecule has 1 aliphatic rings. The van der Waals surface area contributed by atoms with E-state index in [-0.39, 0.29) is 24.9 Å². The Morgan fingerprint density at radius 2 is 2.00 bits per heavy atom. The number of amides is 2. The zero-order valence-corrected chi connectivity index (χ0v) is 11.1. The maximum atomic E-state index is 12.0. The second kappa shape index (κ2) is 5.37. The zero-order chi connectivity index (χ0) is 13.9. The highest BCUT2D eigenvalue weighted by molar-refractivity contribution is 5.84. The van der Waals surface area contributed by atoms with Crippen molar-refractivity contribution in [3.63, 3.8) is 0 Å². The van der Waals surface area contributed by atoms with Gasteiger partial charge >= 0.3 is 5.97 Å². The summed E-state index contributed by atoms with van der Waals surface area (Å²) in [6.45, 7) is 3.83. The van der Waals surface area contributed by atoms with Crippen LogP contribution in [0.25, 0.3) is 0 Å². The van der Waals surface area contributed by atoms with Gasteiger partial charge < -0.3 is 14.9 Å². The lowest BCUT2D eigenvalue weighted by Crippen LogP contribution is -2.50. The summed E-state index contributed by atoms with van der Waals surface area (Å²) in [4.78, 5) is 37.1. The summed E-state index contributed by atoms with van der Waals surface area (Å²) < 4.78 is 0. The van der Waals surface area contributed by atoms with E-state index in [0.717, 1.165) is 0 Å². The Morgan fingerprint density at radius 3 is 2.50 bits per heavy atom. The van der Waals surface area contributed by atoms with E-state index in [2.05, 4.69) is 0 Å². The summed E-state index contributed by atoms with van der Waals surface area (Å²) in [7, 11) is 1.56. The molecule has 1 rings (SSSR count). The molecule has 2 amide bonds. The minimum Gasteiger partial charge on any atom is -0.481 e. The molecular formula is C12H20N2O4. The number of piperidine rings is 1. The van der Waals surface area contributed by atoms with E-state index in [1.165, 1.54) is 16.7 Å². The molecule has 1 aliphatic heterocycles. The summed E-state index contributed by atoms with van der Waals surface area (Å²) in [5.41, 5.74) is -0.872. The van der Waals surface area contributed by atoms with E-state index in [0.29, 0.717) is 19.4 Å². The number of likely N-dealkylation sites (tertiary alicyclic amines) is 1. The quantitative estimate of drug-likeness (QED) is 0.781. The highest BCUT2D eigenvalue weighted by atomic mass is 16.4. The third-order valence-electron chi connectivity index (χ3n) is 3.48. The standard InChI is InChI=1S/C12H20N2O4/c1-9(15)13(3)7-10(16)14-6-4-5-12(2,8-14)11(17)18/h4-8H2,1-3H3,(H,17,18). The second-order valence-corrected chi connectivity index (χ2v) is 5.16. The number of aliphatic carboxylic acids is 1. The van der Waals surface area contributed by atoms with Crippen LogP contribution in [0.2, 0.25) is 0 Å². The largest absolute Gasteiger partial charge is 0.481 e. The summed E-state index contributed by atoms with van der Waals surface area (Å²) >= 11 is 0. The molecule has 0 saturated carbocycles. The van der Waals surface area contributed by atoms with Crippen molar-refractivity contribution in [1.29, 1.82) is 0 Å². The van der Waals surface area contributed by atoms with E-state index in [1.54, 1.807) is 14.0 Å². The summed E-state index contributed by atoms with van der Waals surface area (Å²) in [6.07, 6.45) is 1.26. The molecule has 1 saturated heterocycles. The van der Waals surface area contributed by atoms with Crippen molar-refractivity contribution >= 4 is 17.8 Å². The van der Waals surface area contributed by atoms with Gasteiger partial charge in [0, 0.05) is 27.1 Å². The number of likely N-dealkylation sites (N-methyl/N-ethyl adjacent to an activating group) is 1. The molecular weight excluding hydrogens is 236 g/mol. The lowest BCUT2D eigenvalue weighted by Gasteiger charge is -2.38. The predicted molar refractivity (Wildman–Crippen MR) is 64.9 cm³/mol. The molecule has 0 radical (unpaired) electrons. The summed E-state index contributed by atoms with van der Waals surface area (Å²) in [5.74, 6) is -1.25. The van der Waals surface area contributed by atoms with Gasteiger partial charge in [0.2, 0.25) is 11.8 Å². The van der Waals surface area contributed by atoms with Crippen molar-refractivity contribution in [2.45, 2.75) is 26.7 Å². The van der Waals surface area contributed by atoms with Crippen molar-refractivity contribution in [3.05, 3.63) is 0 Å². The first-order valence-electron chi connectivity index (χ1n) is 5.99. The van der Waals surface area contributed by atoms with Gasteiger partial charge in [-0.1, -0.05) is 0 Å².